The van der Waals surface area contributed by atoms with Crippen molar-refractivity contribution in [3.8, 4) is 0 Å². The first kappa shape index (κ1) is 15.3. The van der Waals surface area contributed by atoms with Crippen LogP contribution >= 0.6 is 0 Å². The molecule has 0 saturated carbocycles. The molecule has 1 N–H and O–H groups in total. The van der Waals surface area contributed by atoms with Crippen molar-refractivity contribution in [3.63, 3.8) is 0 Å². The summed E-state index contributed by atoms with van der Waals surface area (Å²) in [5, 5.41) is 3.37. The molecular weight excluding hydrogens is 267 g/mol. The summed E-state index contributed by atoms with van der Waals surface area (Å²) in [6.45, 7) is 3.46. The van der Waals surface area contributed by atoms with Crippen molar-refractivity contribution in [3.05, 3.63) is 35.4 Å². The van der Waals surface area contributed by atoms with Crippen molar-refractivity contribution < 1.29 is 17.9 Å². The number of rotatable bonds is 4. The number of hydrogen-bond acceptors (Lipinski definition) is 2. The first-order valence-corrected chi connectivity index (χ1v) is 7.03. The van der Waals surface area contributed by atoms with Gasteiger partial charge in [0.15, 0.2) is 0 Å². The van der Waals surface area contributed by atoms with E-state index in [4.69, 9.17) is 4.74 Å². The lowest BCUT2D eigenvalue weighted by Gasteiger charge is -2.31. The molecule has 1 saturated heterocycles. The molecule has 0 amide bonds. The minimum atomic E-state index is -4.33. The summed E-state index contributed by atoms with van der Waals surface area (Å²) in [6.07, 6.45) is -2.35. The van der Waals surface area contributed by atoms with Gasteiger partial charge in [-0.05, 0) is 37.4 Å². The van der Waals surface area contributed by atoms with Crippen LogP contribution in [0.2, 0.25) is 0 Å². The molecular formula is C15H20F3NO. The van der Waals surface area contributed by atoms with Crippen molar-refractivity contribution in [2.75, 3.05) is 13.2 Å². The summed E-state index contributed by atoms with van der Waals surface area (Å²) in [4.78, 5) is 0. The number of alkyl halides is 3. The van der Waals surface area contributed by atoms with Gasteiger partial charge in [-0.2, -0.15) is 13.2 Å². The SMILES string of the molecule is CCCNC1CCOC(c2ccccc2C(F)(F)F)C1. The second-order valence-corrected chi connectivity index (χ2v) is 5.12. The maximum absolute atomic E-state index is 13.0. The Balaban J connectivity index is 2.15. The Morgan fingerprint density at radius 2 is 2.05 bits per heavy atom. The van der Waals surface area contributed by atoms with Gasteiger partial charge in [-0.15, -0.1) is 0 Å². The van der Waals surface area contributed by atoms with Gasteiger partial charge in [0, 0.05) is 12.6 Å². The highest BCUT2D eigenvalue weighted by Crippen LogP contribution is 2.38. The standard InChI is InChI=1S/C15H20F3NO/c1-2-8-19-11-7-9-20-14(10-11)12-5-3-4-6-13(12)15(16,17)18/h3-6,11,14,19H,2,7-10H2,1H3. The smallest absolute Gasteiger partial charge is 0.373 e. The monoisotopic (exact) mass is 287 g/mol. The molecule has 20 heavy (non-hydrogen) atoms. The topological polar surface area (TPSA) is 21.3 Å². The molecule has 112 valence electrons. The fourth-order valence-corrected chi connectivity index (χ4v) is 2.58. The molecule has 0 aromatic heterocycles. The van der Waals surface area contributed by atoms with Gasteiger partial charge in [0.1, 0.15) is 0 Å². The van der Waals surface area contributed by atoms with Crippen LogP contribution in [-0.2, 0) is 10.9 Å². The molecule has 0 radical (unpaired) electrons. The fraction of sp³-hybridized carbons (Fsp3) is 0.600. The van der Waals surface area contributed by atoms with Gasteiger partial charge in [0.25, 0.3) is 0 Å². The first-order chi connectivity index (χ1) is 9.52. The Morgan fingerprint density at radius 3 is 2.75 bits per heavy atom. The maximum Gasteiger partial charge on any atom is 0.416 e. The Morgan fingerprint density at radius 1 is 1.30 bits per heavy atom. The number of halogens is 3. The predicted octanol–water partition coefficient (Wildman–Crippen LogP) is 3.93. The molecule has 2 nitrogen and oxygen atoms in total. The summed E-state index contributed by atoms with van der Waals surface area (Å²) >= 11 is 0. The van der Waals surface area contributed by atoms with E-state index in [-0.39, 0.29) is 11.6 Å². The molecule has 0 spiro atoms. The molecule has 1 fully saturated rings. The Bertz CT molecular complexity index is 433. The van der Waals surface area contributed by atoms with E-state index in [1.807, 2.05) is 0 Å². The molecule has 2 atom stereocenters. The molecule has 2 rings (SSSR count). The third kappa shape index (κ3) is 3.73. The van der Waals surface area contributed by atoms with Crippen molar-refractivity contribution in [2.24, 2.45) is 0 Å². The van der Waals surface area contributed by atoms with E-state index < -0.39 is 17.8 Å². The first-order valence-electron chi connectivity index (χ1n) is 7.03. The van der Waals surface area contributed by atoms with Crippen LogP contribution in [0.15, 0.2) is 24.3 Å². The van der Waals surface area contributed by atoms with Gasteiger partial charge < -0.3 is 10.1 Å². The lowest BCUT2D eigenvalue weighted by Crippen LogP contribution is -2.36. The average molecular weight is 287 g/mol. The van der Waals surface area contributed by atoms with Crippen LogP contribution in [0.25, 0.3) is 0 Å². The van der Waals surface area contributed by atoms with Crippen LogP contribution < -0.4 is 5.32 Å². The second kappa shape index (κ2) is 6.59. The van der Waals surface area contributed by atoms with Gasteiger partial charge in [-0.3, -0.25) is 0 Å². The van der Waals surface area contributed by atoms with E-state index in [2.05, 4.69) is 12.2 Å². The third-order valence-electron chi connectivity index (χ3n) is 3.58. The van der Waals surface area contributed by atoms with Gasteiger partial charge in [0.05, 0.1) is 11.7 Å². The van der Waals surface area contributed by atoms with E-state index >= 15 is 0 Å². The molecule has 5 heteroatoms. The zero-order valence-electron chi connectivity index (χ0n) is 11.5. The summed E-state index contributed by atoms with van der Waals surface area (Å²) in [5.41, 5.74) is -0.330. The largest absolute Gasteiger partial charge is 0.416 e. The van der Waals surface area contributed by atoms with E-state index in [1.54, 1.807) is 6.07 Å². The molecule has 1 aliphatic heterocycles. The lowest BCUT2D eigenvalue weighted by atomic mass is 9.94. The predicted molar refractivity (Wildman–Crippen MR) is 71.5 cm³/mol. The highest BCUT2D eigenvalue weighted by molar-refractivity contribution is 5.32. The zero-order chi connectivity index (χ0) is 14.6. The van der Waals surface area contributed by atoms with Crippen molar-refractivity contribution in [1.82, 2.24) is 5.32 Å². The maximum atomic E-state index is 13.0. The molecule has 1 aliphatic rings. The number of hydrogen-bond donors (Lipinski definition) is 1. The molecule has 2 unspecified atom stereocenters. The van der Waals surface area contributed by atoms with Crippen LogP contribution in [0.5, 0.6) is 0 Å². The van der Waals surface area contributed by atoms with E-state index in [1.165, 1.54) is 12.1 Å². The molecule has 1 heterocycles. The second-order valence-electron chi connectivity index (χ2n) is 5.12. The summed E-state index contributed by atoms with van der Waals surface area (Å²) in [6, 6.07) is 5.94. The molecule has 0 bridgehead atoms. The number of benzene rings is 1. The van der Waals surface area contributed by atoms with Gasteiger partial charge in [0.2, 0.25) is 0 Å². The normalized spacial score (nSPS) is 23.8. The van der Waals surface area contributed by atoms with E-state index in [0.717, 1.165) is 25.5 Å². The molecule has 1 aromatic rings. The minimum Gasteiger partial charge on any atom is -0.373 e. The quantitative estimate of drug-likeness (QED) is 0.906. The van der Waals surface area contributed by atoms with Crippen molar-refractivity contribution in [1.29, 1.82) is 0 Å². The minimum absolute atomic E-state index is 0.231. The van der Waals surface area contributed by atoms with Gasteiger partial charge in [-0.25, -0.2) is 0 Å². The number of nitrogens with one attached hydrogen (secondary N) is 1. The average Bonchev–Trinajstić information content (AvgIpc) is 2.44. The Kier molecular flexibility index (Phi) is 5.05. The highest BCUT2D eigenvalue weighted by atomic mass is 19.4. The third-order valence-corrected chi connectivity index (χ3v) is 3.58. The van der Waals surface area contributed by atoms with Crippen molar-refractivity contribution in [2.45, 2.75) is 44.5 Å². The fourth-order valence-electron chi connectivity index (χ4n) is 2.58. The highest BCUT2D eigenvalue weighted by Gasteiger charge is 2.36. The molecule has 0 aliphatic carbocycles. The van der Waals surface area contributed by atoms with Crippen LogP contribution in [0.4, 0.5) is 13.2 Å². The van der Waals surface area contributed by atoms with E-state index in [0.29, 0.717) is 13.0 Å². The van der Waals surface area contributed by atoms with Crippen LogP contribution in [0.3, 0.4) is 0 Å². The van der Waals surface area contributed by atoms with Crippen molar-refractivity contribution >= 4 is 0 Å². The van der Waals surface area contributed by atoms with Gasteiger partial charge >= 0.3 is 6.18 Å². The van der Waals surface area contributed by atoms with E-state index in [9.17, 15) is 13.2 Å². The summed E-state index contributed by atoms with van der Waals surface area (Å²) in [7, 11) is 0. The van der Waals surface area contributed by atoms with Gasteiger partial charge in [-0.1, -0.05) is 25.1 Å². The number of ether oxygens (including phenoxy) is 1. The zero-order valence-corrected chi connectivity index (χ0v) is 11.5. The summed E-state index contributed by atoms with van der Waals surface area (Å²) in [5.74, 6) is 0. The lowest BCUT2D eigenvalue weighted by molar-refractivity contribution is -0.140. The summed E-state index contributed by atoms with van der Waals surface area (Å²) < 4.78 is 44.7. The van der Waals surface area contributed by atoms with Crippen LogP contribution in [0, 0.1) is 0 Å². The Hall–Kier alpha value is -1.07. The van der Waals surface area contributed by atoms with Crippen LogP contribution in [-0.4, -0.2) is 19.2 Å². The van der Waals surface area contributed by atoms with Crippen LogP contribution in [0.1, 0.15) is 43.4 Å². The molecule has 1 aromatic carbocycles. The Labute approximate surface area is 117 Å².